The Bertz CT molecular complexity index is 326. The van der Waals surface area contributed by atoms with Crippen LogP contribution in [0.3, 0.4) is 0 Å². The number of aryl methyl sites for hydroxylation is 1. The monoisotopic (exact) mass is 268 g/mol. The Labute approximate surface area is 114 Å². The highest BCUT2D eigenvalue weighted by Crippen LogP contribution is 2.34. The van der Waals surface area contributed by atoms with Crippen molar-refractivity contribution in [1.82, 2.24) is 0 Å². The number of ether oxygens (including phenoxy) is 1. The SMILES string of the molecule is COC1(C(O)CCc2ccsc2)CCCCCC1. The van der Waals surface area contributed by atoms with Gasteiger partial charge in [-0.3, -0.25) is 0 Å². The fraction of sp³-hybridized carbons (Fsp3) is 0.733. The van der Waals surface area contributed by atoms with Crippen molar-refractivity contribution in [2.45, 2.75) is 63.1 Å². The first-order valence-corrected chi connectivity index (χ1v) is 7.95. The van der Waals surface area contributed by atoms with Gasteiger partial charge in [0, 0.05) is 7.11 Å². The second kappa shape index (κ2) is 6.69. The topological polar surface area (TPSA) is 29.5 Å². The number of thiophene rings is 1. The van der Waals surface area contributed by atoms with E-state index in [0.29, 0.717) is 0 Å². The van der Waals surface area contributed by atoms with Gasteiger partial charge in [0.05, 0.1) is 11.7 Å². The van der Waals surface area contributed by atoms with Crippen LogP contribution < -0.4 is 0 Å². The highest BCUT2D eigenvalue weighted by atomic mass is 32.1. The van der Waals surface area contributed by atoms with Gasteiger partial charge in [-0.05, 0) is 48.1 Å². The van der Waals surface area contributed by atoms with Gasteiger partial charge in [0.15, 0.2) is 0 Å². The summed E-state index contributed by atoms with van der Waals surface area (Å²) in [5.74, 6) is 0. The Morgan fingerprint density at radius 1 is 1.33 bits per heavy atom. The van der Waals surface area contributed by atoms with Gasteiger partial charge in [0.1, 0.15) is 0 Å². The van der Waals surface area contributed by atoms with E-state index in [1.807, 2.05) is 0 Å². The van der Waals surface area contributed by atoms with Crippen molar-refractivity contribution >= 4 is 11.3 Å². The second-order valence-corrected chi connectivity index (χ2v) is 6.15. The molecule has 1 aromatic heterocycles. The third-order valence-electron chi connectivity index (χ3n) is 4.25. The van der Waals surface area contributed by atoms with Crippen LogP contribution in [0.4, 0.5) is 0 Å². The van der Waals surface area contributed by atoms with E-state index in [2.05, 4.69) is 16.8 Å². The molecule has 3 heteroatoms. The third-order valence-corrected chi connectivity index (χ3v) is 4.98. The van der Waals surface area contributed by atoms with Crippen LogP contribution in [-0.2, 0) is 11.2 Å². The van der Waals surface area contributed by atoms with E-state index in [1.54, 1.807) is 18.4 Å². The molecule has 0 aromatic carbocycles. The number of aliphatic hydroxyl groups is 1. The Morgan fingerprint density at radius 2 is 2.06 bits per heavy atom. The largest absolute Gasteiger partial charge is 0.390 e. The summed E-state index contributed by atoms with van der Waals surface area (Å²) in [5, 5.41) is 14.8. The molecule has 0 bridgehead atoms. The lowest BCUT2D eigenvalue weighted by molar-refractivity contribution is -0.113. The molecule has 0 amide bonds. The van der Waals surface area contributed by atoms with Crippen molar-refractivity contribution < 1.29 is 9.84 Å². The summed E-state index contributed by atoms with van der Waals surface area (Å²) >= 11 is 1.72. The van der Waals surface area contributed by atoms with E-state index in [4.69, 9.17) is 4.74 Å². The molecule has 0 spiro atoms. The molecule has 1 heterocycles. The Hall–Kier alpha value is -0.380. The maximum absolute atomic E-state index is 10.5. The molecule has 18 heavy (non-hydrogen) atoms. The maximum atomic E-state index is 10.5. The normalized spacial score (nSPS) is 21.4. The Balaban J connectivity index is 1.93. The van der Waals surface area contributed by atoms with Crippen molar-refractivity contribution in [3.63, 3.8) is 0 Å². The van der Waals surface area contributed by atoms with Gasteiger partial charge >= 0.3 is 0 Å². The molecule has 1 unspecified atom stereocenters. The number of aliphatic hydroxyl groups excluding tert-OH is 1. The van der Waals surface area contributed by atoms with E-state index >= 15 is 0 Å². The zero-order chi connectivity index (χ0) is 12.8. The van der Waals surface area contributed by atoms with Crippen molar-refractivity contribution in [2.24, 2.45) is 0 Å². The molecule has 102 valence electrons. The van der Waals surface area contributed by atoms with E-state index in [1.165, 1.54) is 31.2 Å². The average molecular weight is 268 g/mol. The predicted molar refractivity (Wildman–Crippen MR) is 76.1 cm³/mol. The standard InChI is InChI=1S/C15H24O2S/c1-17-15(9-4-2-3-5-10-15)14(16)7-6-13-8-11-18-12-13/h8,11-12,14,16H,2-7,9-10H2,1H3. The van der Waals surface area contributed by atoms with Crippen LogP contribution >= 0.6 is 11.3 Å². The summed E-state index contributed by atoms with van der Waals surface area (Å²) in [6, 6.07) is 2.14. The van der Waals surface area contributed by atoms with Gasteiger partial charge in [-0.25, -0.2) is 0 Å². The molecule has 1 fully saturated rings. The first-order valence-electron chi connectivity index (χ1n) is 7.01. The highest BCUT2D eigenvalue weighted by Gasteiger charge is 2.37. The van der Waals surface area contributed by atoms with Crippen LogP contribution in [0.1, 0.15) is 50.5 Å². The first-order chi connectivity index (χ1) is 8.77. The molecular weight excluding hydrogens is 244 g/mol. The van der Waals surface area contributed by atoms with Gasteiger partial charge in [-0.2, -0.15) is 11.3 Å². The molecule has 2 rings (SSSR count). The number of rotatable bonds is 5. The molecule has 1 N–H and O–H groups in total. The average Bonchev–Trinajstić information content (AvgIpc) is 2.79. The molecular formula is C15H24O2S. The lowest BCUT2D eigenvalue weighted by atomic mass is 9.85. The zero-order valence-corrected chi connectivity index (χ0v) is 12.0. The zero-order valence-electron chi connectivity index (χ0n) is 11.2. The second-order valence-electron chi connectivity index (χ2n) is 5.37. The Morgan fingerprint density at radius 3 is 2.61 bits per heavy atom. The molecule has 1 aromatic rings. The fourth-order valence-electron chi connectivity index (χ4n) is 3.00. The highest BCUT2D eigenvalue weighted by molar-refractivity contribution is 7.07. The molecule has 1 aliphatic rings. The molecule has 2 nitrogen and oxygen atoms in total. The molecule has 1 saturated carbocycles. The van der Waals surface area contributed by atoms with Crippen molar-refractivity contribution in [3.8, 4) is 0 Å². The maximum Gasteiger partial charge on any atom is 0.0936 e. The molecule has 0 saturated heterocycles. The summed E-state index contributed by atoms with van der Waals surface area (Å²) in [4.78, 5) is 0. The minimum atomic E-state index is -0.333. The molecule has 1 aliphatic carbocycles. The lowest BCUT2D eigenvalue weighted by Gasteiger charge is -2.36. The summed E-state index contributed by atoms with van der Waals surface area (Å²) < 4.78 is 5.74. The number of methoxy groups -OCH3 is 1. The number of hydrogen-bond acceptors (Lipinski definition) is 3. The summed E-state index contributed by atoms with van der Waals surface area (Å²) in [6.07, 6.45) is 8.38. The van der Waals surface area contributed by atoms with E-state index in [-0.39, 0.29) is 11.7 Å². The van der Waals surface area contributed by atoms with Crippen LogP contribution in [0.2, 0.25) is 0 Å². The van der Waals surface area contributed by atoms with Crippen molar-refractivity contribution in [2.75, 3.05) is 7.11 Å². The van der Waals surface area contributed by atoms with Gasteiger partial charge in [0.2, 0.25) is 0 Å². The van der Waals surface area contributed by atoms with Gasteiger partial charge in [-0.15, -0.1) is 0 Å². The summed E-state index contributed by atoms with van der Waals surface area (Å²) in [7, 11) is 1.76. The molecule has 1 atom stereocenters. The van der Waals surface area contributed by atoms with E-state index in [0.717, 1.165) is 25.7 Å². The quantitative estimate of drug-likeness (QED) is 0.823. The first kappa shape index (κ1) is 14.0. The van der Waals surface area contributed by atoms with Gasteiger partial charge < -0.3 is 9.84 Å². The van der Waals surface area contributed by atoms with Crippen LogP contribution in [-0.4, -0.2) is 23.9 Å². The van der Waals surface area contributed by atoms with Crippen LogP contribution in [0, 0.1) is 0 Å². The summed E-state index contributed by atoms with van der Waals surface area (Å²) in [6.45, 7) is 0. The Kier molecular flexibility index (Phi) is 5.22. The van der Waals surface area contributed by atoms with Crippen molar-refractivity contribution in [1.29, 1.82) is 0 Å². The van der Waals surface area contributed by atoms with E-state index in [9.17, 15) is 5.11 Å². The third kappa shape index (κ3) is 3.34. The van der Waals surface area contributed by atoms with Gasteiger partial charge in [0.25, 0.3) is 0 Å². The summed E-state index contributed by atoms with van der Waals surface area (Å²) in [5.41, 5.74) is 1.05. The molecule has 0 aliphatic heterocycles. The minimum absolute atomic E-state index is 0.285. The molecule has 0 radical (unpaired) electrons. The van der Waals surface area contributed by atoms with Crippen molar-refractivity contribution in [3.05, 3.63) is 22.4 Å². The minimum Gasteiger partial charge on any atom is -0.390 e. The van der Waals surface area contributed by atoms with Crippen LogP contribution in [0.15, 0.2) is 16.8 Å². The number of hydrogen-bond donors (Lipinski definition) is 1. The smallest absolute Gasteiger partial charge is 0.0936 e. The lowest BCUT2D eigenvalue weighted by Crippen LogP contribution is -2.44. The van der Waals surface area contributed by atoms with Crippen LogP contribution in [0.25, 0.3) is 0 Å². The van der Waals surface area contributed by atoms with Crippen LogP contribution in [0.5, 0.6) is 0 Å². The fourth-order valence-corrected chi connectivity index (χ4v) is 3.70. The predicted octanol–water partition coefficient (Wildman–Crippen LogP) is 3.78. The van der Waals surface area contributed by atoms with Gasteiger partial charge in [-0.1, -0.05) is 25.7 Å². The van der Waals surface area contributed by atoms with E-state index < -0.39 is 0 Å².